The van der Waals surface area contributed by atoms with Crippen LogP contribution in [-0.4, -0.2) is 18.0 Å². The molecule has 2 aromatic rings. The summed E-state index contributed by atoms with van der Waals surface area (Å²) >= 11 is 5.81. The van der Waals surface area contributed by atoms with Crippen molar-refractivity contribution in [1.82, 2.24) is 9.55 Å². The summed E-state index contributed by atoms with van der Waals surface area (Å²) in [6.45, 7) is 0.223. The fraction of sp³-hybridized carbons (Fsp3) is 0.308. The Kier molecular flexibility index (Phi) is 3.64. The Labute approximate surface area is 127 Å². The molecule has 1 heterocycles. The van der Waals surface area contributed by atoms with Gasteiger partial charge in [-0.15, -0.1) is 0 Å². The van der Waals surface area contributed by atoms with Crippen molar-refractivity contribution in [2.24, 2.45) is 5.14 Å². The van der Waals surface area contributed by atoms with Gasteiger partial charge in [-0.05, 0) is 31.0 Å². The smallest absolute Gasteiger partial charge is 0.241 e. The van der Waals surface area contributed by atoms with Crippen molar-refractivity contribution in [3.05, 3.63) is 41.4 Å². The van der Waals surface area contributed by atoms with Crippen molar-refractivity contribution in [1.29, 1.82) is 0 Å². The van der Waals surface area contributed by atoms with Crippen LogP contribution in [0.25, 0.3) is 0 Å². The van der Waals surface area contributed by atoms with Crippen molar-refractivity contribution in [2.75, 3.05) is 0 Å². The molecule has 1 aromatic heterocycles. The molecule has 0 aliphatic heterocycles. The molecule has 0 unspecified atom stereocenters. The lowest BCUT2D eigenvalue weighted by Gasteiger charge is -2.12. The molecule has 1 aliphatic rings. The second-order valence-corrected chi connectivity index (χ2v) is 6.91. The summed E-state index contributed by atoms with van der Waals surface area (Å²) in [5, 5.41) is 5.47. The standard InChI is InChI=1S/C13H14ClN3O3S/c14-9-1-4-12(13(5-9)21(15,18)19)20-7-11-6-16-8-17(11)10-2-3-10/h1,4-6,8,10H,2-3,7H2,(H2,15,18,19). The number of nitrogens with zero attached hydrogens (tertiary/aromatic N) is 2. The van der Waals surface area contributed by atoms with Crippen LogP contribution < -0.4 is 9.88 Å². The zero-order valence-corrected chi connectivity index (χ0v) is 12.6. The lowest BCUT2D eigenvalue weighted by Crippen LogP contribution is -2.14. The Morgan fingerprint density at radius 3 is 2.86 bits per heavy atom. The van der Waals surface area contributed by atoms with Crippen LogP contribution in [0.3, 0.4) is 0 Å². The van der Waals surface area contributed by atoms with Gasteiger partial charge in [-0.1, -0.05) is 11.6 Å². The number of primary sulfonamides is 1. The monoisotopic (exact) mass is 327 g/mol. The molecule has 0 atom stereocenters. The molecule has 1 saturated carbocycles. The number of imidazole rings is 1. The molecule has 8 heteroatoms. The largest absolute Gasteiger partial charge is 0.486 e. The van der Waals surface area contributed by atoms with E-state index in [1.165, 1.54) is 12.1 Å². The van der Waals surface area contributed by atoms with Crippen LogP contribution >= 0.6 is 11.6 Å². The molecule has 2 N–H and O–H groups in total. The maximum Gasteiger partial charge on any atom is 0.241 e. The first-order valence-corrected chi connectivity index (χ1v) is 8.33. The molecule has 0 amide bonds. The van der Waals surface area contributed by atoms with Gasteiger partial charge in [0, 0.05) is 11.1 Å². The Bertz CT molecular complexity index is 769. The molecule has 112 valence electrons. The highest BCUT2D eigenvalue weighted by Gasteiger charge is 2.25. The fourth-order valence-corrected chi connectivity index (χ4v) is 3.04. The number of halogens is 1. The van der Waals surface area contributed by atoms with Gasteiger partial charge < -0.3 is 9.30 Å². The average Bonchev–Trinajstić information content (AvgIpc) is 3.15. The van der Waals surface area contributed by atoms with Crippen molar-refractivity contribution in [2.45, 2.75) is 30.4 Å². The summed E-state index contributed by atoms with van der Waals surface area (Å²) in [5.41, 5.74) is 0.896. The maximum absolute atomic E-state index is 11.6. The minimum Gasteiger partial charge on any atom is -0.486 e. The van der Waals surface area contributed by atoms with Crippen molar-refractivity contribution in [3.8, 4) is 5.75 Å². The molecule has 0 spiro atoms. The summed E-state index contributed by atoms with van der Waals surface area (Å²) in [6, 6.07) is 4.82. The third-order valence-electron chi connectivity index (χ3n) is 3.27. The van der Waals surface area contributed by atoms with Gasteiger partial charge in [-0.3, -0.25) is 0 Å². The molecular formula is C13H14ClN3O3S. The summed E-state index contributed by atoms with van der Waals surface area (Å²) in [5.74, 6) is 0.186. The number of hydrogen-bond donors (Lipinski definition) is 1. The van der Waals surface area contributed by atoms with E-state index in [0.29, 0.717) is 6.04 Å². The predicted molar refractivity (Wildman–Crippen MR) is 77.7 cm³/mol. The SMILES string of the molecule is NS(=O)(=O)c1cc(Cl)ccc1OCc1cncn1C1CC1. The number of ether oxygens (including phenoxy) is 1. The van der Waals surface area contributed by atoms with E-state index < -0.39 is 10.0 Å². The quantitative estimate of drug-likeness (QED) is 0.911. The van der Waals surface area contributed by atoms with Crippen molar-refractivity contribution in [3.63, 3.8) is 0 Å². The van der Waals surface area contributed by atoms with E-state index in [-0.39, 0.29) is 22.3 Å². The first kappa shape index (κ1) is 14.4. The van der Waals surface area contributed by atoms with E-state index in [9.17, 15) is 8.42 Å². The normalized spacial score (nSPS) is 15.1. The average molecular weight is 328 g/mol. The number of aromatic nitrogens is 2. The highest BCUT2D eigenvalue weighted by molar-refractivity contribution is 7.89. The highest BCUT2D eigenvalue weighted by Crippen LogP contribution is 2.36. The van der Waals surface area contributed by atoms with Gasteiger partial charge >= 0.3 is 0 Å². The van der Waals surface area contributed by atoms with E-state index in [2.05, 4.69) is 4.98 Å². The van der Waals surface area contributed by atoms with Gasteiger partial charge in [-0.25, -0.2) is 18.5 Å². The first-order chi connectivity index (χ1) is 9.95. The van der Waals surface area contributed by atoms with Crippen LogP contribution in [-0.2, 0) is 16.6 Å². The Hall–Kier alpha value is -1.57. The summed E-state index contributed by atoms with van der Waals surface area (Å²) in [6.07, 6.45) is 5.74. The van der Waals surface area contributed by atoms with Crippen molar-refractivity contribution >= 4 is 21.6 Å². The predicted octanol–water partition coefficient (Wildman–Crippen LogP) is 2.10. The zero-order chi connectivity index (χ0) is 15.0. The van der Waals surface area contributed by atoms with E-state index in [0.717, 1.165) is 18.5 Å². The summed E-state index contributed by atoms with van der Waals surface area (Å²) < 4.78 is 30.8. The van der Waals surface area contributed by atoms with Crippen LogP contribution in [0.1, 0.15) is 24.6 Å². The molecule has 1 aliphatic carbocycles. The third-order valence-corrected chi connectivity index (χ3v) is 4.44. The van der Waals surface area contributed by atoms with Gasteiger partial charge in [-0.2, -0.15) is 0 Å². The lowest BCUT2D eigenvalue weighted by molar-refractivity contribution is 0.287. The fourth-order valence-electron chi connectivity index (χ4n) is 2.10. The Morgan fingerprint density at radius 1 is 1.43 bits per heavy atom. The molecule has 0 bridgehead atoms. The second kappa shape index (κ2) is 5.32. The Balaban J connectivity index is 1.83. The zero-order valence-electron chi connectivity index (χ0n) is 11.1. The minimum atomic E-state index is -3.89. The van der Waals surface area contributed by atoms with Crippen LogP contribution in [0.2, 0.25) is 5.02 Å². The Morgan fingerprint density at radius 2 is 2.19 bits per heavy atom. The molecular weight excluding hydrogens is 314 g/mol. The van der Waals surface area contributed by atoms with Crippen LogP contribution in [0.4, 0.5) is 0 Å². The van der Waals surface area contributed by atoms with E-state index in [1.807, 2.05) is 4.57 Å². The van der Waals surface area contributed by atoms with Crippen LogP contribution in [0.5, 0.6) is 5.75 Å². The maximum atomic E-state index is 11.6. The van der Waals surface area contributed by atoms with E-state index >= 15 is 0 Å². The number of nitrogens with two attached hydrogens (primary N) is 1. The van der Waals surface area contributed by atoms with Gasteiger partial charge in [0.15, 0.2) is 0 Å². The number of hydrogen-bond acceptors (Lipinski definition) is 4. The molecule has 1 fully saturated rings. The molecule has 0 saturated heterocycles. The summed E-state index contributed by atoms with van der Waals surface area (Å²) in [4.78, 5) is 3.98. The first-order valence-electron chi connectivity index (χ1n) is 6.41. The molecule has 3 rings (SSSR count). The van der Waals surface area contributed by atoms with Crippen LogP contribution in [0, 0.1) is 0 Å². The van der Waals surface area contributed by atoms with Crippen LogP contribution in [0.15, 0.2) is 35.6 Å². The second-order valence-electron chi connectivity index (χ2n) is 4.95. The number of benzene rings is 1. The van der Waals surface area contributed by atoms with Gasteiger partial charge in [0.1, 0.15) is 17.3 Å². The number of rotatable bonds is 5. The third kappa shape index (κ3) is 3.20. The topological polar surface area (TPSA) is 87.2 Å². The van der Waals surface area contributed by atoms with E-state index in [4.69, 9.17) is 21.5 Å². The molecule has 0 radical (unpaired) electrons. The minimum absolute atomic E-state index is 0.118. The van der Waals surface area contributed by atoms with E-state index in [1.54, 1.807) is 18.6 Å². The highest BCUT2D eigenvalue weighted by atomic mass is 35.5. The lowest BCUT2D eigenvalue weighted by atomic mass is 10.3. The molecule has 6 nitrogen and oxygen atoms in total. The summed E-state index contributed by atoms with van der Waals surface area (Å²) in [7, 11) is -3.89. The molecule has 1 aromatic carbocycles. The molecule has 21 heavy (non-hydrogen) atoms. The van der Waals surface area contributed by atoms with Gasteiger partial charge in [0.25, 0.3) is 0 Å². The van der Waals surface area contributed by atoms with Gasteiger partial charge in [0.2, 0.25) is 10.0 Å². The van der Waals surface area contributed by atoms with Crippen molar-refractivity contribution < 1.29 is 13.2 Å². The number of sulfonamides is 1. The van der Waals surface area contributed by atoms with Gasteiger partial charge in [0.05, 0.1) is 18.2 Å².